The van der Waals surface area contributed by atoms with Crippen LogP contribution in [0.4, 0.5) is 4.39 Å². The number of hydrogen-bond donors (Lipinski definition) is 0. The van der Waals surface area contributed by atoms with E-state index in [9.17, 15) is 9.18 Å². The van der Waals surface area contributed by atoms with Gasteiger partial charge in [-0.05, 0) is 37.6 Å². The van der Waals surface area contributed by atoms with Crippen LogP contribution in [0.3, 0.4) is 0 Å². The smallest absolute Gasteiger partial charge is 0.162 e. The number of carbonyl (C=O) groups is 1. The third-order valence-corrected chi connectivity index (χ3v) is 2.89. The number of imidazole rings is 1. The first-order chi connectivity index (χ1) is 8.66. The molecule has 2 rings (SSSR count). The van der Waals surface area contributed by atoms with E-state index in [1.807, 2.05) is 17.7 Å². The number of nitrogens with zero attached hydrogens (tertiary/aromatic N) is 2. The molecule has 0 aliphatic heterocycles. The number of hydrogen-bond acceptors (Lipinski definition) is 2. The lowest BCUT2D eigenvalue weighted by Crippen LogP contribution is -2.04. The normalized spacial score (nSPS) is 10.6. The summed E-state index contributed by atoms with van der Waals surface area (Å²) < 4.78 is 14.7. The molecular formula is C14H15FN2O. The van der Waals surface area contributed by atoms with Gasteiger partial charge in [0, 0.05) is 30.9 Å². The Bertz CT molecular complexity index is 531. The van der Waals surface area contributed by atoms with Gasteiger partial charge in [-0.2, -0.15) is 0 Å². The van der Waals surface area contributed by atoms with Crippen LogP contribution in [0.25, 0.3) is 0 Å². The highest BCUT2D eigenvalue weighted by molar-refractivity contribution is 5.95. The average Bonchev–Trinajstić information content (AvgIpc) is 2.76. The van der Waals surface area contributed by atoms with Gasteiger partial charge in [-0.15, -0.1) is 0 Å². The molecule has 0 saturated carbocycles. The van der Waals surface area contributed by atoms with Crippen LogP contribution in [-0.2, 0) is 6.54 Å². The van der Waals surface area contributed by atoms with Gasteiger partial charge < -0.3 is 4.57 Å². The van der Waals surface area contributed by atoms with E-state index in [0.29, 0.717) is 12.0 Å². The first-order valence-electron chi connectivity index (χ1n) is 5.93. The van der Waals surface area contributed by atoms with Crippen molar-refractivity contribution in [3.63, 3.8) is 0 Å². The van der Waals surface area contributed by atoms with Crippen molar-refractivity contribution >= 4 is 5.78 Å². The van der Waals surface area contributed by atoms with Gasteiger partial charge >= 0.3 is 0 Å². The lowest BCUT2D eigenvalue weighted by molar-refractivity contribution is 0.0978. The Balaban J connectivity index is 1.85. The molecule has 2 aromatic rings. The summed E-state index contributed by atoms with van der Waals surface area (Å²) >= 11 is 0. The quantitative estimate of drug-likeness (QED) is 0.760. The van der Waals surface area contributed by atoms with E-state index >= 15 is 0 Å². The molecule has 0 fully saturated rings. The molecule has 0 saturated heterocycles. The number of ketones is 1. The van der Waals surface area contributed by atoms with Crippen molar-refractivity contribution in [2.45, 2.75) is 26.3 Å². The molecule has 94 valence electrons. The first-order valence-corrected chi connectivity index (χ1v) is 5.93. The molecule has 1 aromatic heterocycles. The number of aryl methyl sites for hydroxylation is 2. The van der Waals surface area contributed by atoms with Gasteiger partial charge in [0.25, 0.3) is 0 Å². The van der Waals surface area contributed by atoms with E-state index in [1.54, 1.807) is 6.20 Å². The molecule has 1 aromatic carbocycles. The Morgan fingerprint density at radius 3 is 2.67 bits per heavy atom. The maximum atomic E-state index is 12.7. The summed E-state index contributed by atoms with van der Waals surface area (Å²) in [6, 6.07) is 5.68. The van der Waals surface area contributed by atoms with Crippen molar-refractivity contribution < 1.29 is 9.18 Å². The van der Waals surface area contributed by atoms with Crippen molar-refractivity contribution in [1.82, 2.24) is 9.55 Å². The summed E-state index contributed by atoms with van der Waals surface area (Å²) in [6.45, 7) is 2.71. The minimum atomic E-state index is -0.319. The predicted octanol–water partition coefficient (Wildman–Crippen LogP) is 2.99. The highest BCUT2D eigenvalue weighted by atomic mass is 19.1. The summed E-state index contributed by atoms with van der Waals surface area (Å²) in [6.07, 6.45) is 4.87. The van der Waals surface area contributed by atoms with Crippen LogP contribution >= 0.6 is 0 Å². The van der Waals surface area contributed by atoms with E-state index in [2.05, 4.69) is 4.98 Å². The van der Waals surface area contributed by atoms with Crippen molar-refractivity contribution in [3.8, 4) is 0 Å². The molecule has 0 radical (unpaired) electrons. The fourth-order valence-corrected chi connectivity index (χ4v) is 1.83. The highest BCUT2D eigenvalue weighted by Crippen LogP contribution is 2.08. The second-order valence-electron chi connectivity index (χ2n) is 4.20. The van der Waals surface area contributed by atoms with E-state index in [1.165, 1.54) is 24.3 Å². The molecule has 3 nitrogen and oxygen atoms in total. The van der Waals surface area contributed by atoms with E-state index in [4.69, 9.17) is 0 Å². The Morgan fingerprint density at radius 1 is 1.33 bits per heavy atom. The van der Waals surface area contributed by atoms with Crippen molar-refractivity contribution in [2.24, 2.45) is 0 Å². The monoisotopic (exact) mass is 246 g/mol. The van der Waals surface area contributed by atoms with Crippen LogP contribution in [0.15, 0.2) is 36.7 Å². The molecule has 0 N–H and O–H groups in total. The minimum absolute atomic E-state index is 0.0489. The summed E-state index contributed by atoms with van der Waals surface area (Å²) in [5.74, 6) is 0.678. The second-order valence-corrected chi connectivity index (χ2v) is 4.20. The number of benzene rings is 1. The molecule has 0 unspecified atom stereocenters. The number of aromatic nitrogens is 2. The van der Waals surface area contributed by atoms with Gasteiger partial charge in [-0.1, -0.05) is 0 Å². The molecular weight excluding hydrogens is 231 g/mol. The van der Waals surface area contributed by atoms with Crippen LogP contribution in [0.1, 0.15) is 29.0 Å². The van der Waals surface area contributed by atoms with Gasteiger partial charge in [0.1, 0.15) is 11.6 Å². The average molecular weight is 246 g/mol. The minimum Gasteiger partial charge on any atom is -0.335 e. The van der Waals surface area contributed by atoms with Crippen molar-refractivity contribution in [3.05, 3.63) is 53.9 Å². The van der Waals surface area contributed by atoms with E-state index < -0.39 is 0 Å². The molecule has 1 heterocycles. The highest BCUT2D eigenvalue weighted by Gasteiger charge is 2.06. The van der Waals surface area contributed by atoms with Gasteiger partial charge in [0.15, 0.2) is 5.78 Å². The van der Waals surface area contributed by atoms with E-state index in [0.717, 1.165) is 18.8 Å². The zero-order valence-corrected chi connectivity index (χ0v) is 10.3. The van der Waals surface area contributed by atoms with Gasteiger partial charge in [-0.3, -0.25) is 4.79 Å². The number of carbonyl (C=O) groups excluding carboxylic acids is 1. The molecule has 4 heteroatoms. The number of rotatable bonds is 5. The maximum absolute atomic E-state index is 12.7. The first kappa shape index (κ1) is 12.5. The van der Waals surface area contributed by atoms with Crippen LogP contribution < -0.4 is 0 Å². The third kappa shape index (κ3) is 3.03. The van der Waals surface area contributed by atoms with Crippen LogP contribution in [0.5, 0.6) is 0 Å². The summed E-state index contributed by atoms with van der Waals surface area (Å²) in [5, 5.41) is 0. The summed E-state index contributed by atoms with van der Waals surface area (Å²) in [5.41, 5.74) is 0.568. The topological polar surface area (TPSA) is 34.9 Å². The van der Waals surface area contributed by atoms with Crippen LogP contribution in [0, 0.1) is 12.7 Å². The Kier molecular flexibility index (Phi) is 3.87. The summed E-state index contributed by atoms with van der Waals surface area (Å²) in [7, 11) is 0. The molecule has 0 atom stereocenters. The van der Waals surface area contributed by atoms with Crippen molar-refractivity contribution in [1.29, 1.82) is 0 Å². The zero-order valence-electron chi connectivity index (χ0n) is 10.3. The lowest BCUT2D eigenvalue weighted by Gasteiger charge is -2.04. The largest absolute Gasteiger partial charge is 0.335 e. The third-order valence-electron chi connectivity index (χ3n) is 2.89. The molecule has 18 heavy (non-hydrogen) atoms. The van der Waals surface area contributed by atoms with Crippen LogP contribution in [-0.4, -0.2) is 15.3 Å². The van der Waals surface area contributed by atoms with E-state index in [-0.39, 0.29) is 11.6 Å². The predicted molar refractivity (Wildman–Crippen MR) is 66.9 cm³/mol. The standard InChI is InChI=1S/C14H15FN2O/c1-11-16-8-10-17(11)9-2-3-14(18)12-4-6-13(15)7-5-12/h4-8,10H,2-3,9H2,1H3. The maximum Gasteiger partial charge on any atom is 0.162 e. The van der Waals surface area contributed by atoms with Gasteiger partial charge in [0.05, 0.1) is 0 Å². The zero-order chi connectivity index (χ0) is 13.0. The van der Waals surface area contributed by atoms with Crippen molar-refractivity contribution in [2.75, 3.05) is 0 Å². The fourth-order valence-electron chi connectivity index (χ4n) is 1.83. The Hall–Kier alpha value is -1.97. The Morgan fingerprint density at radius 2 is 2.06 bits per heavy atom. The number of halogens is 1. The molecule has 0 amide bonds. The molecule has 0 aliphatic rings. The SMILES string of the molecule is Cc1nccn1CCCC(=O)c1ccc(F)cc1. The summed E-state index contributed by atoms with van der Waals surface area (Å²) in [4.78, 5) is 15.9. The fraction of sp³-hybridized carbons (Fsp3) is 0.286. The van der Waals surface area contributed by atoms with Gasteiger partial charge in [0.2, 0.25) is 0 Å². The Labute approximate surface area is 105 Å². The molecule has 0 spiro atoms. The molecule has 0 aliphatic carbocycles. The van der Waals surface area contributed by atoms with Crippen LogP contribution in [0.2, 0.25) is 0 Å². The van der Waals surface area contributed by atoms with Gasteiger partial charge in [-0.25, -0.2) is 9.37 Å². The lowest BCUT2D eigenvalue weighted by atomic mass is 10.1. The number of Topliss-reactive ketones (excluding diaryl/α,β-unsaturated/α-hetero) is 1. The second kappa shape index (κ2) is 5.58. The molecule has 0 bridgehead atoms.